The molecule has 2 aromatic carbocycles. The summed E-state index contributed by atoms with van der Waals surface area (Å²) >= 11 is 3.40. The largest absolute Gasteiger partial charge is 0.390 e. The van der Waals surface area contributed by atoms with Crippen molar-refractivity contribution in [2.24, 2.45) is 0 Å². The van der Waals surface area contributed by atoms with E-state index in [1.165, 1.54) is 0 Å². The highest BCUT2D eigenvalue weighted by Crippen LogP contribution is 2.23. The van der Waals surface area contributed by atoms with Crippen LogP contribution in [0.5, 0.6) is 0 Å². The summed E-state index contributed by atoms with van der Waals surface area (Å²) in [4.78, 5) is 17.2. The van der Waals surface area contributed by atoms with Gasteiger partial charge in [-0.3, -0.25) is 9.69 Å². The summed E-state index contributed by atoms with van der Waals surface area (Å²) in [5.41, 5.74) is 2.70. The minimum absolute atomic E-state index is 0.0283. The van der Waals surface area contributed by atoms with E-state index in [0.29, 0.717) is 18.7 Å². The van der Waals surface area contributed by atoms with E-state index < -0.39 is 6.10 Å². The molecule has 0 radical (unpaired) electrons. The number of ketones is 1. The zero-order chi connectivity index (χ0) is 21.8. The molecule has 6 heteroatoms. The van der Waals surface area contributed by atoms with Crippen molar-refractivity contribution in [3.63, 3.8) is 0 Å². The highest BCUT2D eigenvalue weighted by Gasteiger charge is 2.18. The predicted molar refractivity (Wildman–Crippen MR) is 129 cm³/mol. The molecule has 5 nitrogen and oxygen atoms in total. The number of nitrogens with zero attached hydrogens (tertiary/aromatic N) is 3. The average molecular weight is 482 g/mol. The molecule has 1 N–H and O–H groups in total. The lowest BCUT2D eigenvalue weighted by Crippen LogP contribution is -2.47. The van der Waals surface area contributed by atoms with Gasteiger partial charge in [-0.2, -0.15) is 0 Å². The first-order valence-electron chi connectivity index (χ1n) is 10.6. The van der Waals surface area contributed by atoms with E-state index in [4.69, 9.17) is 0 Å². The van der Waals surface area contributed by atoms with Gasteiger partial charge in [-0.05, 0) is 49.5 Å². The van der Waals surface area contributed by atoms with E-state index in [9.17, 15) is 9.90 Å². The number of carbonyl (C=O) groups is 1. The van der Waals surface area contributed by atoms with Crippen LogP contribution in [-0.2, 0) is 6.54 Å². The molecule has 0 aliphatic carbocycles. The van der Waals surface area contributed by atoms with Crippen LogP contribution in [0, 0.1) is 0 Å². The third-order valence-electron chi connectivity index (χ3n) is 5.83. The van der Waals surface area contributed by atoms with Gasteiger partial charge in [0.25, 0.3) is 0 Å². The number of benzene rings is 2. The Kier molecular flexibility index (Phi) is 7.02. The molecule has 0 bridgehead atoms. The second kappa shape index (κ2) is 9.92. The van der Waals surface area contributed by atoms with Gasteiger partial charge >= 0.3 is 0 Å². The molecule has 1 aromatic heterocycles. The van der Waals surface area contributed by atoms with Crippen molar-refractivity contribution in [2.45, 2.75) is 12.6 Å². The van der Waals surface area contributed by atoms with E-state index in [1.807, 2.05) is 48.7 Å². The number of hydrogen-bond acceptors (Lipinski definition) is 4. The first kappa shape index (κ1) is 22.0. The number of carbonyl (C=O) groups excluding carboxylic acids is 1. The van der Waals surface area contributed by atoms with Gasteiger partial charge in [0.1, 0.15) is 0 Å². The number of allylic oxidation sites excluding steroid dienone is 1. The molecule has 1 fully saturated rings. The van der Waals surface area contributed by atoms with Crippen LogP contribution in [0.2, 0.25) is 0 Å². The maximum absolute atomic E-state index is 12.5. The van der Waals surface area contributed by atoms with Crippen LogP contribution in [0.3, 0.4) is 0 Å². The molecule has 0 amide bonds. The smallest absolute Gasteiger partial charge is 0.185 e. The number of rotatable bonds is 7. The SMILES string of the molecule is CN1CCN(C[C@@H](O)Cn2cc(/C=C\C(=O)c3ccc(Br)cc3)c3ccccc32)CC1. The van der Waals surface area contributed by atoms with E-state index in [2.05, 4.69) is 49.5 Å². The molecule has 1 saturated heterocycles. The average Bonchev–Trinajstić information content (AvgIpc) is 3.11. The fourth-order valence-electron chi connectivity index (χ4n) is 4.05. The Balaban J connectivity index is 1.49. The van der Waals surface area contributed by atoms with Crippen LogP contribution in [0.15, 0.2) is 65.3 Å². The third kappa shape index (κ3) is 5.52. The first-order chi connectivity index (χ1) is 15.0. The Labute approximate surface area is 191 Å². The topological polar surface area (TPSA) is 48.7 Å². The second-order valence-electron chi connectivity index (χ2n) is 8.22. The summed E-state index contributed by atoms with van der Waals surface area (Å²) in [6.07, 6.45) is 5.08. The van der Waals surface area contributed by atoms with Crippen LogP contribution < -0.4 is 0 Å². The predicted octanol–water partition coefficient (Wildman–Crippen LogP) is 3.91. The van der Waals surface area contributed by atoms with Gasteiger partial charge in [-0.25, -0.2) is 0 Å². The lowest BCUT2D eigenvalue weighted by molar-refractivity contribution is 0.0717. The standard InChI is InChI=1S/C25H28BrN3O2/c1-27-12-14-28(15-13-27)17-22(30)18-29-16-20(23-4-2-3-5-24(23)29)8-11-25(31)19-6-9-21(26)10-7-19/h2-11,16,22,30H,12-15,17-18H2,1H3/b11-8-/t22-/m1/s1. The Hall–Kier alpha value is -2.25. The number of aromatic nitrogens is 1. The van der Waals surface area contributed by atoms with Crippen molar-refractivity contribution in [1.82, 2.24) is 14.4 Å². The van der Waals surface area contributed by atoms with Crippen molar-refractivity contribution in [3.05, 3.63) is 76.4 Å². The van der Waals surface area contributed by atoms with Crippen LogP contribution in [0.4, 0.5) is 0 Å². The number of aliphatic hydroxyl groups is 1. The summed E-state index contributed by atoms with van der Waals surface area (Å²) in [6, 6.07) is 15.5. The molecule has 0 saturated carbocycles. The summed E-state index contributed by atoms with van der Waals surface area (Å²) in [6.45, 7) is 5.27. The number of β-amino-alcohol motifs (C(OH)–C–C–N with tert-alkyl or cyclic N) is 1. The van der Waals surface area contributed by atoms with Crippen molar-refractivity contribution in [1.29, 1.82) is 0 Å². The van der Waals surface area contributed by atoms with Crippen LogP contribution in [0.1, 0.15) is 15.9 Å². The summed E-state index contributed by atoms with van der Waals surface area (Å²) in [7, 11) is 2.14. The zero-order valence-corrected chi connectivity index (χ0v) is 19.3. The molecule has 31 heavy (non-hydrogen) atoms. The highest BCUT2D eigenvalue weighted by molar-refractivity contribution is 9.10. The molecule has 0 unspecified atom stereocenters. The second-order valence-corrected chi connectivity index (χ2v) is 9.13. The molecule has 2 heterocycles. The maximum atomic E-state index is 12.5. The van der Waals surface area contributed by atoms with Gasteiger partial charge in [0.05, 0.1) is 6.10 Å². The Morgan fingerprint density at radius 1 is 1.06 bits per heavy atom. The summed E-state index contributed by atoms with van der Waals surface area (Å²) < 4.78 is 3.05. The summed E-state index contributed by atoms with van der Waals surface area (Å²) in [5, 5.41) is 11.8. The van der Waals surface area contributed by atoms with Gasteiger partial charge in [0, 0.05) is 72.0 Å². The van der Waals surface area contributed by atoms with E-state index in [-0.39, 0.29) is 5.78 Å². The van der Waals surface area contributed by atoms with Crippen molar-refractivity contribution < 1.29 is 9.90 Å². The fourth-order valence-corrected chi connectivity index (χ4v) is 4.31. The van der Waals surface area contributed by atoms with Crippen LogP contribution in [-0.4, -0.2) is 71.1 Å². The van der Waals surface area contributed by atoms with Gasteiger partial charge in [-0.1, -0.05) is 34.1 Å². The zero-order valence-electron chi connectivity index (χ0n) is 17.7. The summed E-state index contributed by atoms with van der Waals surface area (Å²) in [5.74, 6) is -0.0283. The molecular formula is C25H28BrN3O2. The van der Waals surface area contributed by atoms with E-state index in [0.717, 1.165) is 47.1 Å². The van der Waals surface area contributed by atoms with Gasteiger partial charge < -0.3 is 14.6 Å². The molecule has 3 aromatic rings. The molecular weight excluding hydrogens is 454 g/mol. The number of hydrogen-bond donors (Lipinski definition) is 1. The number of fused-ring (bicyclic) bond motifs is 1. The number of para-hydroxylation sites is 1. The third-order valence-corrected chi connectivity index (χ3v) is 6.36. The maximum Gasteiger partial charge on any atom is 0.185 e. The van der Waals surface area contributed by atoms with E-state index in [1.54, 1.807) is 6.08 Å². The van der Waals surface area contributed by atoms with Gasteiger partial charge in [0.2, 0.25) is 0 Å². The molecule has 1 aliphatic heterocycles. The Bertz CT molecular complexity index is 1070. The van der Waals surface area contributed by atoms with Crippen molar-refractivity contribution in [2.75, 3.05) is 39.8 Å². The monoisotopic (exact) mass is 481 g/mol. The number of halogens is 1. The minimum atomic E-state index is -0.444. The van der Waals surface area contributed by atoms with Crippen molar-refractivity contribution in [3.8, 4) is 0 Å². The highest BCUT2D eigenvalue weighted by atomic mass is 79.9. The fraction of sp³-hybridized carbons (Fsp3) is 0.320. The van der Waals surface area contributed by atoms with E-state index >= 15 is 0 Å². The van der Waals surface area contributed by atoms with Crippen LogP contribution in [0.25, 0.3) is 17.0 Å². The molecule has 1 aliphatic rings. The number of piperazine rings is 1. The lowest BCUT2D eigenvalue weighted by Gasteiger charge is -2.33. The molecule has 162 valence electrons. The Morgan fingerprint density at radius 3 is 2.52 bits per heavy atom. The Morgan fingerprint density at radius 2 is 1.77 bits per heavy atom. The minimum Gasteiger partial charge on any atom is -0.390 e. The quantitative estimate of drug-likeness (QED) is 0.410. The lowest BCUT2D eigenvalue weighted by atomic mass is 10.1. The van der Waals surface area contributed by atoms with Crippen molar-refractivity contribution >= 4 is 38.7 Å². The molecule has 4 rings (SSSR count). The molecule has 1 atom stereocenters. The molecule has 0 spiro atoms. The van der Waals surface area contributed by atoms with Gasteiger partial charge in [0.15, 0.2) is 5.78 Å². The van der Waals surface area contributed by atoms with Gasteiger partial charge in [-0.15, -0.1) is 0 Å². The number of likely N-dealkylation sites (N-methyl/N-ethyl adjacent to an activating group) is 1. The normalized spacial score (nSPS) is 16.9. The first-order valence-corrected chi connectivity index (χ1v) is 11.4. The number of aliphatic hydroxyl groups excluding tert-OH is 1. The van der Waals surface area contributed by atoms with Crippen LogP contribution >= 0.6 is 15.9 Å².